The number of para-hydroxylation sites is 1. The molecule has 4 aliphatic carbocycles. The Labute approximate surface area is 154 Å². The molecule has 1 aromatic carbocycles. The lowest BCUT2D eigenvalue weighted by Crippen LogP contribution is -2.62. The first-order valence-corrected chi connectivity index (χ1v) is 10.0. The van der Waals surface area contributed by atoms with Crippen molar-refractivity contribution in [3.8, 4) is 0 Å². The first-order chi connectivity index (χ1) is 12.3. The topological polar surface area (TPSA) is 60.2 Å². The van der Waals surface area contributed by atoms with E-state index in [4.69, 9.17) is 4.74 Å². The Hall–Kier alpha value is -1.46. The van der Waals surface area contributed by atoms with E-state index in [0.29, 0.717) is 11.8 Å². The summed E-state index contributed by atoms with van der Waals surface area (Å²) in [5, 5.41) is 20.9. The predicted octanol–water partition coefficient (Wildman–Crippen LogP) is 3.93. The van der Waals surface area contributed by atoms with E-state index in [1.54, 1.807) is 0 Å². The molecular weight excluding hydrogens is 326 g/mol. The summed E-state index contributed by atoms with van der Waals surface area (Å²) < 4.78 is 8.38. The van der Waals surface area contributed by atoms with Crippen LogP contribution in [0.1, 0.15) is 59.1 Å². The summed E-state index contributed by atoms with van der Waals surface area (Å²) in [4.78, 5) is 0. The van der Waals surface area contributed by atoms with Crippen LogP contribution >= 0.6 is 0 Å². The Morgan fingerprint density at radius 1 is 1.08 bits per heavy atom. The molecule has 0 saturated heterocycles. The summed E-state index contributed by atoms with van der Waals surface area (Å²) in [5.74, 6) is 2.18. The van der Waals surface area contributed by atoms with E-state index in [2.05, 4.69) is 31.1 Å². The first-order valence-electron chi connectivity index (χ1n) is 10.0. The molecule has 4 bridgehead atoms. The normalized spacial score (nSPS) is 37.4. The van der Waals surface area contributed by atoms with Crippen molar-refractivity contribution in [2.24, 2.45) is 23.7 Å². The molecule has 1 N–H and O–H groups in total. The highest BCUT2D eigenvalue weighted by Crippen LogP contribution is 2.61. The van der Waals surface area contributed by atoms with Gasteiger partial charge in [-0.1, -0.05) is 17.3 Å². The third-order valence-corrected chi connectivity index (χ3v) is 6.91. The van der Waals surface area contributed by atoms with Gasteiger partial charge in [-0.25, -0.2) is 4.68 Å². The molecule has 5 nitrogen and oxygen atoms in total. The van der Waals surface area contributed by atoms with Crippen LogP contribution in [0.5, 0.6) is 0 Å². The second-order valence-corrected chi connectivity index (χ2v) is 9.80. The van der Waals surface area contributed by atoms with E-state index in [-0.39, 0.29) is 5.60 Å². The summed E-state index contributed by atoms with van der Waals surface area (Å²) in [6.07, 6.45) is 5.37. The molecule has 6 rings (SSSR count). The van der Waals surface area contributed by atoms with Gasteiger partial charge in [0.2, 0.25) is 0 Å². The zero-order valence-corrected chi connectivity index (χ0v) is 15.9. The Balaban J connectivity index is 1.63. The lowest BCUT2D eigenvalue weighted by Gasteiger charge is -2.60. The van der Waals surface area contributed by atoms with Crippen molar-refractivity contribution in [2.75, 3.05) is 0 Å². The zero-order chi connectivity index (χ0) is 18.1. The van der Waals surface area contributed by atoms with Crippen LogP contribution in [0.4, 0.5) is 0 Å². The smallest absolute Gasteiger partial charge is 0.182 e. The molecule has 0 aliphatic heterocycles. The highest BCUT2D eigenvalue weighted by Gasteiger charge is 2.61. The van der Waals surface area contributed by atoms with Gasteiger partial charge in [-0.3, -0.25) is 0 Å². The van der Waals surface area contributed by atoms with Crippen molar-refractivity contribution in [3.05, 3.63) is 24.3 Å². The van der Waals surface area contributed by atoms with Crippen LogP contribution in [0.15, 0.2) is 24.3 Å². The molecule has 26 heavy (non-hydrogen) atoms. The Morgan fingerprint density at radius 3 is 2.31 bits per heavy atom. The van der Waals surface area contributed by atoms with Crippen molar-refractivity contribution in [1.82, 2.24) is 15.0 Å². The summed E-state index contributed by atoms with van der Waals surface area (Å²) >= 11 is 0. The monoisotopic (exact) mass is 355 g/mol. The number of fused-ring (bicyclic) bond motifs is 1. The molecule has 2 aromatic rings. The largest absolute Gasteiger partial charge is 0.385 e. The molecule has 4 fully saturated rings. The fraction of sp³-hybridized carbons (Fsp3) is 0.714. The fourth-order valence-electron chi connectivity index (χ4n) is 6.08. The molecule has 5 heteroatoms. The third-order valence-electron chi connectivity index (χ3n) is 6.91. The average Bonchev–Trinajstić information content (AvgIpc) is 3.00. The standard InChI is InChI=1S/C21H29N3O2/c1-20(2,3)26-19(24-18-7-5-4-6-17(18)22-23-24)21(25)15-9-13-8-14(11-15)12-16(21)10-13/h4-7,13-16,19,25H,8-12H2,1-3H3. The van der Waals surface area contributed by atoms with Gasteiger partial charge in [-0.15, -0.1) is 5.10 Å². The maximum atomic E-state index is 12.1. The minimum Gasteiger partial charge on any atom is -0.385 e. The number of ether oxygens (including phenoxy) is 1. The molecule has 4 saturated carbocycles. The van der Waals surface area contributed by atoms with Gasteiger partial charge < -0.3 is 9.84 Å². The number of rotatable bonds is 3. The first kappa shape index (κ1) is 16.7. The molecule has 4 aliphatic rings. The number of benzene rings is 1. The molecule has 1 heterocycles. The highest BCUT2D eigenvalue weighted by atomic mass is 16.5. The van der Waals surface area contributed by atoms with E-state index < -0.39 is 11.8 Å². The average molecular weight is 355 g/mol. The summed E-state index contributed by atoms with van der Waals surface area (Å²) in [7, 11) is 0. The Morgan fingerprint density at radius 2 is 1.69 bits per heavy atom. The minimum absolute atomic E-state index is 0.300. The molecular formula is C21H29N3O2. The molecule has 1 aromatic heterocycles. The quantitative estimate of drug-likeness (QED) is 0.906. The van der Waals surface area contributed by atoms with Crippen LogP contribution in [0.25, 0.3) is 11.0 Å². The van der Waals surface area contributed by atoms with E-state index in [9.17, 15) is 5.11 Å². The van der Waals surface area contributed by atoms with E-state index in [1.807, 2.05) is 28.9 Å². The number of hydrogen-bond acceptors (Lipinski definition) is 4. The maximum absolute atomic E-state index is 12.1. The van der Waals surface area contributed by atoms with Crippen LogP contribution < -0.4 is 0 Å². The van der Waals surface area contributed by atoms with Crippen LogP contribution in [0.2, 0.25) is 0 Å². The van der Waals surface area contributed by atoms with Gasteiger partial charge >= 0.3 is 0 Å². The molecule has 140 valence electrons. The number of aliphatic hydroxyl groups is 1. The molecule has 0 amide bonds. The predicted molar refractivity (Wildman–Crippen MR) is 99.4 cm³/mol. The molecule has 1 atom stereocenters. The van der Waals surface area contributed by atoms with Crippen molar-refractivity contribution in [2.45, 2.75) is 70.3 Å². The van der Waals surface area contributed by atoms with Crippen LogP contribution in [0.3, 0.4) is 0 Å². The Kier molecular flexibility index (Phi) is 3.55. The highest BCUT2D eigenvalue weighted by molar-refractivity contribution is 5.74. The summed E-state index contributed by atoms with van der Waals surface area (Å²) in [5.41, 5.74) is 0.547. The van der Waals surface area contributed by atoms with Gasteiger partial charge in [0.05, 0.1) is 11.1 Å². The summed E-state index contributed by atoms with van der Waals surface area (Å²) in [6, 6.07) is 7.96. The van der Waals surface area contributed by atoms with E-state index in [0.717, 1.165) is 48.6 Å². The number of nitrogens with zero attached hydrogens (tertiary/aromatic N) is 3. The maximum Gasteiger partial charge on any atom is 0.182 e. The van der Waals surface area contributed by atoms with Crippen LogP contribution in [-0.4, -0.2) is 31.3 Å². The van der Waals surface area contributed by atoms with E-state index >= 15 is 0 Å². The zero-order valence-electron chi connectivity index (χ0n) is 15.9. The number of aromatic nitrogens is 3. The summed E-state index contributed by atoms with van der Waals surface area (Å²) in [6.45, 7) is 6.16. The van der Waals surface area contributed by atoms with Gasteiger partial charge in [-0.05, 0) is 88.7 Å². The van der Waals surface area contributed by atoms with Gasteiger partial charge in [0.1, 0.15) is 11.1 Å². The lowest BCUT2D eigenvalue weighted by atomic mass is 9.49. The van der Waals surface area contributed by atoms with Crippen molar-refractivity contribution in [3.63, 3.8) is 0 Å². The van der Waals surface area contributed by atoms with Crippen molar-refractivity contribution >= 4 is 11.0 Å². The second-order valence-electron chi connectivity index (χ2n) is 9.80. The van der Waals surface area contributed by atoms with Gasteiger partial charge in [0.25, 0.3) is 0 Å². The molecule has 0 spiro atoms. The van der Waals surface area contributed by atoms with E-state index in [1.165, 1.54) is 6.42 Å². The molecule has 1 unspecified atom stereocenters. The third kappa shape index (κ3) is 2.43. The fourth-order valence-corrected chi connectivity index (χ4v) is 6.08. The second kappa shape index (κ2) is 5.52. The SMILES string of the molecule is CC(C)(C)OC(n1nnc2ccccc21)C1(O)C2CC3CC(C2)CC1C3. The van der Waals surface area contributed by atoms with Gasteiger partial charge in [0, 0.05) is 0 Å². The number of hydrogen-bond donors (Lipinski definition) is 1. The van der Waals surface area contributed by atoms with Crippen LogP contribution in [-0.2, 0) is 4.74 Å². The minimum atomic E-state index is -0.864. The van der Waals surface area contributed by atoms with Crippen LogP contribution in [0, 0.1) is 23.7 Å². The van der Waals surface area contributed by atoms with Gasteiger partial charge in [-0.2, -0.15) is 0 Å². The molecule has 0 radical (unpaired) electrons. The lowest BCUT2D eigenvalue weighted by molar-refractivity contribution is -0.278. The van der Waals surface area contributed by atoms with Gasteiger partial charge in [0.15, 0.2) is 6.23 Å². The van der Waals surface area contributed by atoms with Crippen molar-refractivity contribution < 1.29 is 9.84 Å². The van der Waals surface area contributed by atoms with Crippen molar-refractivity contribution in [1.29, 1.82) is 0 Å². The Bertz CT molecular complexity index is 794.